The number of ether oxygens (including phenoxy) is 1. The molecular weight excluding hydrogens is 314 g/mol. The molecule has 1 aromatic carbocycles. The Balaban J connectivity index is 3.27. The van der Waals surface area contributed by atoms with Crippen molar-refractivity contribution in [2.75, 3.05) is 7.11 Å². The van der Waals surface area contributed by atoms with Gasteiger partial charge in [-0.1, -0.05) is 18.5 Å². The number of halogens is 2. The fourth-order valence-corrected chi connectivity index (χ4v) is 1.83. The standard InChI is InChI=1S/C10H10ClIO2/c1-3-6-4-8(11)9(12)5-7(6)10(13)14-2/h4-5H,3H2,1-2H3. The van der Waals surface area contributed by atoms with Gasteiger partial charge >= 0.3 is 5.97 Å². The predicted octanol–water partition coefficient (Wildman–Crippen LogP) is 3.29. The second kappa shape index (κ2) is 4.98. The average molecular weight is 325 g/mol. The van der Waals surface area contributed by atoms with Crippen LogP contribution in [0.1, 0.15) is 22.8 Å². The van der Waals surface area contributed by atoms with E-state index in [1.54, 1.807) is 6.07 Å². The Morgan fingerprint density at radius 1 is 1.57 bits per heavy atom. The first-order valence-electron chi connectivity index (χ1n) is 4.16. The summed E-state index contributed by atoms with van der Waals surface area (Å²) in [7, 11) is 1.38. The molecule has 0 saturated heterocycles. The zero-order valence-corrected chi connectivity index (χ0v) is 10.8. The van der Waals surface area contributed by atoms with E-state index in [9.17, 15) is 4.79 Å². The molecule has 2 nitrogen and oxygen atoms in total. The van der Waals surface area contributed by atoms with Crippen LogP contribution in [0.25, 0.3) is 0 Å². The van der Waals surface area contributed by atoms with Gasteiger partial charge in [0.15, 0.2) is 0 Å². The largest absolute Gasteiger partial charge is 0.465 e. The van der Waals surface area contributed by atoms with Crippen molar-refractivity contribution < 1.29 is 9.53 Å². The van der Waals surface area contributed by atoms with E-state index in [0.29, 0.717) is 10.6 Å². The quantitative estimate of drug-likeness (QED) is 0.616. The fraction of sp³-hybridized carbons (Fsp3) is 0.300. The van der Waals surface area contributed by atoms with Crippen LogP contribution in [0.3, 0.4) is 0 Å². The summed E-state index contributed by atoms with van der Waals surface area (Å²) < 4.78 is 5.55. The zero-order valence-electron chi connectivity index (χ0n) is 7.93. The van der Waals surface area contributed by atoms with Gasteiger partial charge in [0.25, 0.3) is 0 Å². The topological polar surface area (TPSA) is 26.3 Å². The van der Waals surface area contributed by atoms with Crippen LogP contribution in [-0.2, 0) is 11.2 Å². The molecule has 0 aliphatic heterocycles. The van der Waals surface area contributed by atoms with Gasteiger partial charge < -0.3 is 4.74 Å². The maximum absolute atomic E-state index is 11.4. The van der Waals surface area contributed by atoms with Crippen molar-refractivity contribution in [3.8, 4) is 0 Å². The molecule has 0 N–H and O–H groups in total. The third-order valence-electron chi connectivity index (χ3n) is 1.93. The molecule has 0 saturated carbocycles. The predicted molar refractivity (Wildman–Crippen MR) is 64.9 cm³/mol. The Labute approximate surface area is 102 Å². The summed E-state index contributed by atoms with van der Waals surface area (Å²) in [5, 5.41) is 0.676. The number of hydrogen-bond acceptors (Lipinski definition) is 2. The van der Waals surface area contributed by atoms with Crippen LogP contribution in [0.2, 0.25) is 5.02 Å². The van der Waals surface area contributed by atoms with E-state index in [-0.39, 0.29) is 5.97 Å². The number of benzene rings is 1. The lowest BCUT2D eigenvalue weighted by atomic mass is 10.1. The van der Waals surface area contributed by atoms with Crippen molar-refractivity contribution in [3.05, 3.63) is 31.9 Å². The molecule has 0 amide bonds. The molecule has 4 heteroatoms. The molecule has 0 atom stereocenters. The van der Waals surface area contributed by atoms with E-state index in [1.807, 2.05) is 13.0 Å². The van der Waals surface area contributed by atoms with Crippen LogP contribution in [0.5, 0.6) is 0 Å². The van der Waals surface area contributed by atoms with E-state index in [1.165, 1.54) is 7.11 Å². The van der Waals surface area contributed by atoms with Gasteiger partial charge in [-0.2, -0.15) is 0 Å². The second-order valence-corrected chi connectivity index (χ2v) is 4.34. The molecule has 0 fully saturated rings. The minimum absolute atomic E-state index is 0.309. The Morgan fingerprint density at radius 3 is 2.71 bits per heavy atom. The normalized spacial score (nSPS) is 10.0. The zero-order chi connectivity index (χ0) is 10.7. The highest BCUT2D eigenvalue weighted by Crippen LogP contribution is 2.24. The molecule has 0 radical (unpaired) electrons. The van der Waals surface area contributed by atoms with Crippen LogP contribution in [0, 0.1) is 3.57 Å². The molecule has 0 unspecified atom stereocenters. The molecule has 76 valence electrons. The lowest BCUT2D eigenvalue weighted by Crippen LogP contribution is -2.06. The molecule has 1 aromatic rings. The van der Waals surface area contributed by atoms with Crippen molar-refractivity contribution in [1.29, 1.82) is 0 Å². The van der Waals surface area contributed by atoms with Gasteiger partial charge in [0.05, 0.1) is 17.7 Å². The first-order chi connectivity index (χ1) is 6.60. The van der Waals surface area contributed by atoms with Gasteiger partial charge in [0, 0.05) is 3.57 Å². The van der Waals surface area contributed by atoms with E-state index in [0.717, 1.165) is 15.6 Å². The number of rotatable bonds is 2. The summed E-state index contributed by atoms with van der Waals surface area (Å²) in [4.78, 5) is 11.4. The molecule has 0 spiro atoms. The number of methoxy groups -OCH3 is 1. The summed E-state index contributed by atoms with van der Waals surface area (Å²) >= 11 is 8.05. The van der Waals surface area contributed by atoms with Gasteiger partial charge in [-0.3, -0.25) is 0 Å². The molecule has 0 heterocycles. The molecule has 0 bridgehead atoms. The maximum Gasteiger partial charge on any atom is 0.338 e. The van der Waals surface area contributed by atoms with Gasteiger partial charge in [0.2, 0.25) is 0 Å². The Hall–Kier alpha value is -0.290. The van der Waals surface area contributed by atoms with Crippen molar-refractivity contribution in [2.45, 2.75) is 13.3 Å². The second-order valence-electron chi connectivity index (χ2n) is 2.77. The molecule has 0 aromatic heterocycles. The van der Waals surface area contributed by atoms with Crippen LogP contribution in [0.15, 0.2) is 12.1 Å². The third-order valence-corrected chi connectivity index (χ3v) is 3.46. The highest BCUT2D eigenvalue weighted by atomic mass is 127. The van der Waals surface area contributed by atoms with Crippen LogP contribution in [0.4, 0.5) is 0 Å². The number of carbonyl (C=O) groups excluding carboxylic acids is 1. The number of carbonyl (C=O) groups is 1. The maximum atomic E-state index is 11.4. The van der Waals surface area contributed by atoms with Crippen molar-refractivity contribution >= 4 is 40.2 Å². The number of hydrogen-bond donors (Lipinski definition) is 0. The molecular formula is C10H10ClIO2. The summed E-state index contributed by atoms with van der Waals surface area (Å²) in [6.45, 7) is 1.98. The average Bonchev–Trinajstić information content (AvgIpc) is 2.20. The van der Waals surface area contributed by atoms with Crippen molar-refractivity contribution in [3.63, 3.8) is 0 Å². The summed E-state index contributed by atoms with van der Waals surface area (Å²) in [6, 6.07) is 3.57. The minimum Gasteiger partial charge on any atom is -0.465 e. The van der Waals surface area contributed by atoms with Crippen molar-refractivity contribution in [1.82, 2.24) is 0 Å². The van der Waals surface area contributed by atoms with Gasteiger partial charge in [-0.05, 0) is 46.7 Å². The van der Waals surface area contributed by atoms with E-state index < -0.39 is 0 Å². The van der Waals surface area contributed by atoms with E-state index >= 15 is 0 Å². The van der Waals surface area contributed by atoms with Crippen LogP contribution < -0.4 is 0 Å². The smallest absolute Gasteiger partial charge is 0.338 e. The third kappa shape index (κ3) is 2.39. The summed E-state index contributed by atoms with van der Waals surface area (Å²) in [5.74, 6) is -0.309. The lowest BCUT2D eigenvalue weighted by molar-refractivity contribution is 0.0599. The molecule has 14 heavy (non-hydrogen) atoms. The number of esters is 1. The lowest BCUT2D eigenvalue weighted by Gasteiger charge is -2.07. The van der Waals surface area contributed by atoms with Gasteiger partial charge in [-0.25, -0.2) is 4.79 Å². The molecule has 0 aliphatic rings. The Bertz CT molecular complexity index is 363. The molecule has 1 rings (SSSR count). The summed E-state index contributed by atoms with van der Waals surface area (Å²) in [5.41, 5.74) is 1.52. The molecule has 0 aliphatic carbocycles. The first kappa shape index (κ1) is 11.8. The van der Waals surface area contributed by atoms with Crippen LogP contribution >= 0.6 is 34.2 Å². The minimum atomic E-state index is -0.309. The fourth-order valence-electron chi connectivity index (χ4n) is 1.18. The highest BCUT2D eigenvalue weighted by molar-refractivity contribution is 14.1. The highest BCUT2D eigenvalue weighted by Gasteiger charge is 2.13. The Morgan fingerprint density at radius 2 is 2.21 bits per heavy atom. The van der Waals surface area contributed by atoms with Crippen molar-refractivity contribution in [2.24, 2.45) is 0 Å². The first-order valence-corrected chi connectivity index (χ1v) is 5.62. The van der Waals surface area contributed by atoms with Gasteiger partial charge in [-0.15, -0.1) is 0 Å². The van der Waals surface area contributed by atoms with E-state index in [2.05, 4.69) is 27.3 Å². The SMILES string of the molecule is CCc1cc(Cl)c(I)cc1C(=O)OC. The monoisotopic (exact) mass is 324 g/mol. The van der Waals surface area contributed by atoms with E-state index in [4.69, 9.17) is 11.6 Å². The van der Waals surface area contributed by atoms with Crippen LogP contribution in [-0.4, -0.2) is 13.1 Å². The van der Waals surface area contributed by atoms with Gasteiger partial charge in [0.1, 0.15) is 0 Å². The summed E-state index contributed by atoms with van der Waals surface area (Å²) in [6.07, 6.45) is 0.765. The number of aryl methyl sites for hydroxylation is 1. The Kier molecular flexibility index (Phi) is 4.19.